The molecule has 0 heterocycles. The van der Waals surface area contributed by atoms with Crippen molar-refractivity contribution in [1.29, 1.82) is 5.26 Å². The van der Waals surface area contributed by atoms with Gasteiger partial charge in [0.2, 0.25) is 0 Å². The van der Waals surface area contributed by atoms with E-state index in [2.05, 4.69) is 10.6 Å². The van der Waals surface area contributed by atoms with E-state index in [9.17, 15) is 14.9 Å². The molecule has 6 nitrogen and oxygen atoms in total. The summed E-state index contributed by atoms with van der Waals surface area (Å²) in [7, 11) is 1.56. The number of anilines is 2. The molecule has 0 fully saturated rings. The van der Waals surface area contributed by atoms with Crippen LogP contribution in [0.4, 0.5) is 11.4 Å². The standard InChI is InChI=1S/C26H23N3O3/c1-17-7-12-24(18(2)13-17)29-26(31)21(16-27)14-19-5-4-6-22(15-19)28-25(30)20-8-10-23(32-3)11-9-20/h4-15H,1-3H3,(H,28,30)(H,29,31)/b21-14+. The molecule has 0 aliphatic rings. The van der Waals surface area contributed by atoms with E-state index in [0.29, 0.717) is 28.3 Å². The first-order chi connectivity index (χ1) is 15.4. The Hall–Kier alpha value is -4.37. The van der Waals surface area contributed by atoms with Crippen molar-refractivity contribution in [2.45, 2.75) is 13.8 Å². The Morgan fingerprint density at radius 3 is 2.38 bits per heavy atom. The third kappa shape index (κ3) is 5.61. The van der Waals surface area contributed by atoms with E-state index >= 15 is 0 Å². The van der Waals surface area contributed by atoms with Crippen molar-refractivity contribution in [3.05, 3.63) is 94.6 Å². The first kappa shape index (κ1) is 22.3. The molecule has 0 bridgehead atoms. The van der Waals surface area contributed by atoms with Gasteiger partial charge in [0, 0.05) is 16.9 Å². The van der Waals surface area contributed by atoms with Gasteiger partial charge in [0.25, 0.3) is 11.8 Å². The third-order valence-electron chi connectivity index (χ3n) is 4.80. The number of ether oxygens (including phenoxy) is 1. The Labute approximate surface area is 187 Å². The first-order valence-electron chi connectivity index (χ1n) is 9.95. The fourth-order valence-corrected chi connectivity index (χ4v) is 3.11. The smallest absolute Gasteiger partial charge is 0.266 e. The second-order valence-electron chi connectivity index (χ2n) is 7.25. The lowest BCUT2D eigenvalue weighted by Crippen LogP contribution is -2.14. The zero-order chi connectivity index (χ0) is 23.1. The molecule has 3 aromatic rings. The number of carbonyl (C=O) groups excluding carboxylic acids is 2. The molecule has 0 radical (unpaired) electrons. The number of hydrogen-bond donors (Lipinski definition) is 2. The molecule has 2 amide bonds. The van der Waals surface area contributed by atoms with Crippen molar-refractivity contribution in [3.63, 3.8) is 0 Å². The minimum Gasteiger partial charge on any atom is -0.497 e. The van der Waals surface area contributed by atoms with Gasteiger partial charge in [0.05, 0.1) is 7.11 Å². The minimum atomic E-state index is -0.493. The molecule has 160 valence electrons. The van der Waals surface area contributed by atoms with Gasteiger partial charge in [-0.05, 0) is 73.5 Å². The first-order valence-corrected chi connectivity index (χ1v) is 9.95. The number of amides is 2. The summed E-state index contributed by atoms with van der Waals surface area (Å²) in [4.78, 5) is 25.1. The lowest BCUT2D eigenvalue weighted by molar-refractivity contribution is -0.112. The van der Waals surface area contributed by atoms with Crippen LogP contribution in [0, 0.1) is 25.2 Å². The highest BCUT2D eigenvalue weighted by molar-refractivity contribution is 6.10. The molecule has 0 atom stereocenters. The number of nitrogens with one attached hydrogen (secondary N) is 2. The second-order valence-corrected chi connectivity index (χ2v) is 7.25. The predicted octanol–water partition coefficient (Wildman–Crippen LogP) is 5.11. The molecule has 3 aromatic carbocycles. The predicted molar refractivity (Wildman–Crippen MR) is 126 cm³/mol. The molecule has 0 aromatic heterocycles. The summed E-state index contributed by atoms with van der Waals surface area (Å²) in [6.45, 7) is 3.87. The summed E-state index contributed by atoms with van der Waals surface area (Å²) in [5.74, 6) is -0.106. The number of carbonyl (C=O) groups is 2. The van der Waals surface area contributed by atoms with Gasteiger partial charge in [-0.3, -0.25) is 9.59 Å². The molecule has 0 saturated carbocycles. The maximum absolute atomic E-state index is 12.6. The summed E-state index contributed by atoms with van der Waals surface area (Å²) in [6.07, 6.45) is 1.49. The van der Waals surface area contributed by atoms with E-state index in [1.165, 1.54) is 6.08 Å². The maximum atomic E-state index is 12.6. The van der Waals surface area contributed by atoms with Crippen molar-refractivity contribution in [2.24, 2.45) is 0 Å². The normalized spacial score (nSPS) is 10.8. The van der Waals surface area contributed by atoms with Crippen LogP contribution in [-0.4, -0.2) is 18.9 Å². The molecular weight excluding hydrogens is 402 g/mol. The van der Waals surface area contributed by atoms with Crippen LogP contribution in [0.25, 0.3) is 6.08 Å². The van der Waals surface area contributed by atoms with Crippen LogP contribution in [0.5, 0.6) is 5.75 Å². The number of aryl methyl sites for hydroxylation is 2. The Morgan fingerprint density at radius 2 is 1.72 bits per heavy atom. The topological polar surface area (TPSA) is 91.2 Å². The zero-order valence-electron chi connectivity index (χ0n) is 18.1. The molecule has 2 N–H and O–H groups in total. The molecule has 3 rings (SSSR count). The van der Waals surface area contributed by atoms with Crippen LogP contribution in [0.15, 0.2) is 72.3 Å². The van der Waals surface area contributed by atoms with E-state index in [4.69, 9.17) is 4.74 Å². The van der Waals surface area contributed by atoms with Gasteiger partial charge < -0.3 is 15.4 Å². The van der Waals surface area contributed by atoms with Gasteiger partial charge in [0.15, 0.2) is 0 Å². The monoisotopic (exact) mass is 425 g/mol. The van der Waals surface area contributed by atoms with E-state index in [1.54, 1.807) is 55.6 Å². The average molecular weight is 425 g/mol. The lowest BCUT2D eigenvalue weighted by atomic mass is 10.1. The third-order valence-corrected chi connectivity index (χ3v) is 4.80. The van der Waals surface area contributed by atoms with Crippen molar-refractivity contribution in [3.8, 4) is 11.8 Å². The molecule has 0 saturated heterocycles. The lowest BCUT2D eigenvalue weighted by Gasteiger charge is -2.09. The highest BCUT2D eigenvalue weighted by atomic mass is 16.5. The van der Waals surface area contributed by atoms with Crippen molar-refractivity contribution in [2.75, 3.05) is 17.7 Å². The average Bonchev–Trinajstić information content (AvgIpc) is 2.79. The Kier molecular flexibility index (Phi) is 7.04. The zero-order valence-corrected chi connectivity index (χ0v) is 18.1. The van der Waals surface area contributed by atoms with Gasteiger partial charge in [-0.2, -0.15) is 5.26 Å². The van der Waals surface area contributed by atoms with E-state index in [-0.39, 0.29) is 11.5 Å². The Morgan fingerprint density at radius 1 is 0.969 bits per heavy atom. The van der Waals surface area contributed by atoms with Crippen molar-refractivity contribution >= 4 is 29.3 Å². The summed E-state index contributed by atoms with van der Waals surface area (Å²) >= 11 is 0. The quantitative estimate of drug-likeness (QED) is 0.424. The number of hydrogen-bond acceptors (Lipinski definition) is 4. The van der Waals surface area contributed by atoms with Crippen LogP contribution >= 0.6 is 0 Å². The van der Waals surface area contributed by atoms with Crippen molar-refractivity contribution < 1.29 is 14.3 Å². The van der Waals surface area contributed by atoms with Crippen LogP contribution in [0.1, 0.15) is 27.0 Å². The van der Waals surface area contributed by atoms with Gasteiger partial charge in [-0.1, -0.05) is 29.8 Å². The Balaban J connectivity index is 1.75. The molecule has 6 heteroatoms. The largest absolute Gasteiger partial charge is 0.497 e. The summed E-state index contributed by atoms with van der Waals surface area (Å²) in [5, 5.41) is 15.1. The molecular formula is C26H23N3O3. The van der Waals surface area contributed by atoms with E-state index < -0.39 is 5.91 Å². The van der Waals surface area contributed by atoms with Gasteiger partial charge in [-0.25, -0.2) is 0 Å². The van der Waals surface area contributed by atoms with Gasteiger partial charge in [0.1, 0.15) is 17.4 Å². The highest BCUT2D eigenvalue weighted by Crippen LogP contribution is 2.19. The fourth-order valence-electron chi connectivity index (χ4n) is 3.11. The number of nitrogens with zero attached hydrogens (tertiary/aromatic N) is 1. The second kappa shape index (κ2) is 10.1. The summed E-state index contributed by atoms with van der Waals surface area (Å²) < 4.78 is 5.10. The highest BCUT2D eigenvalue weighted by Gasteiger charge is 2.12. The molecule has 0 unspecified atom stereocenters. The van der Waals surface area contributed by atoms with Crippen molar-refractivity contribution in [1.82, 2.24) is 0 Å². The summed E-state index contributed by atoms with van der Waals surface area (Å²) in [6, 6.07) is 21.3. The minimum absolute atomic E-state index is 0.0383. The SMILES string of the molecule is COc1ccc(C(=O)Nc2cccc(/C=C(\C#N)C(=O)Nc3ccc(C)cc3C)c2)cc1. The number of methoxy groups -OCH3 is 1. The molecule has 0 aliphatic carbocycles. The number of rotatable bonds is 6. The fraction of sp³-hybridized carbons (Fsp3) is 0.115. The van der Waals surface area contributed by atoms with Crippen LogP contribution in [-0.2, 0) is 4.79 Å². The van der Waals surface area contributed by atoms with Crippen LogP contribution in [0.3, 0.4) is 0 Å². The van der Waals surface area contributed by atoms with E-state index in [0.717, 1.165) is 11.1 Å². The Bertz CT molecular complexity index is 1220. The summed E-state index contributed by atoms with van der Waals surface area (Å²) in [5.41, 5.74) is 4.27. The van der Waals surface area contributed by atoms with Crippen LogP contribution < -0.4 is 15.4 Å². The van der Waals surface area contributed by atoms with Gasteiger partial charge in [-0.15, -0.1) is 0 Å². The number of nitriles is 1. The number of benzene rings is 3. The molecule has 32 heavy (non-hydrogen) atoms. The molecule has 0 spiro atoms. The molecule has 0 aliphatic heterocycles. The van der Waals surface area contributed by atoms with Gasteiger partial charge >= 0.3 is 0 Å². The maximum Gasteiger partial charge on any atom is 0.266 e. The van der Waals surface area contributed by atoms with Crippen LogP contribution in [0.2, 0.25) is 0 Å². The van der Waals surface area contributed by atoms with E-state index in [1.807, 2.05) is 38.1 Å².